The number of benzene rings is 1. The van der Waals surface area contributed by atoms with Gasteiger partial charge in [0.1, 0.15) is 0 Å². The molecular formula is C20H30S8. The number of hydrogen-bond acceptors (Lipinski definition) is 8. The maximum atomic E-state index is 4.45. The quantitative estimate of drug-likeness (QED) is 0.236. The highest BCUT2D eigenvalue weighted by molar-refractivity contribution is 8.22. The lowest BCUT2D eigenvalue weighted by atomic mass is 10.0. The molecule has 2 aliphatic heterocycles. The highest BCUT2D eigenvalue weighted by atomic mass is 32.2. The van der Waals surface area contributed by atoms with Crippen LogP contribution in [0.25, 0.3) is 0 Å². The number of rotatable bonds is 12. The Kier molecular flexibility index (Phi) is 12.5. The second-order valence-electron chi connectivity index (χ2n) is 6.83. The van der Waals surface area contributed by atoms with E-state index >= 15 is 0 Å². The minimum Gasteiger partial charge on any atom is -0.178 e. The Morgan fingerprint density at radius 3 is 1.64 bits per heavy atom. The Hall–Kier alpha value is 2.02. The third kappa shape index (κ3) is 8.51. The third-order valence-corrected chi connectivity index (χ3v) is 15.6. The molecule has 4 unspecified atom stereocenters. The Bertz CT molecular complexity index is 520. The molecule has 3 rings (SSSR count). The molecule has 0 aliphatic carbocycles. The number of aryl methyl sites for hydroxylation is 2. The number of thiol groups is 2. The van der Waals surface area contributed by atoms with Crippen molar-refractivity contribution in [2.24, 2.45) is 0 Å². The summed E-state index contributed by atoms with van der Waals surface area (Å²) >= 11 is 21.7. The summed E-state index contributed by atoms with van der Waals surface area (Å²) in [5.41, 5.74) is 3.13. The highest BCUT2D eigenvalue weighted by Crippen LogP contribution is 2.40. The van der Waals surface area contributed by atoms with Crippen molar-refractivity contribution in [2.45, 2.75) is 32.5 Å². The van der Waals surface area contributed by atoms with Crippen LogP contribution in [0.2, 0.25) is 0 Å². The molecular weight excluding hydrogens is 497 g/mol. The normalized spacial score (nSPS) is 27.5. The van der Waals surface area contributed by atoms with E-state index in [0.717, 1.165) is 31.2 Å². The fourth-order valence-electron chi connectivity index (χ4n) is 3.15. The van der Waals surface area contributed by atoms with Crippen molar-refractivity contribution in [3.63, 3.8) is 0 Å². The molecule has 2 aliphatic rings. The van der Waals surface area contributed by atoms with Crippen LogP contribution in [0.1, 0.15) is 11.1 Å². The van der Waals surface area contributed by atoms with E-state index in [9.17, 15) is 0 Å². The molecule has 2 saturated heterocycles. The third-order valence-electron chi connectivity index (χ3n) is 4.69. The van der Waals surface area contributed by atoms with Gasteiger partial charge >= 0.3 is 0 Å². The first kappa shape index (κ1) is 24.7. The zero-order valence-electron chi connectivity index (χ0n) is 16.0. The largest absolute Gasteiger partial charge is 0.178 e. The average Bonchev–Trinajstić information content (AvgIpc) is 3.38. The molecule has 0 spiro atoms. The Morgan fingerprint density at radius 2 is 1.25 bits per heavy atom. The van der Waals surface area contributed by atoms with E-state index in [4.69, 9.17) is 0 Å². The van der Waals surface area contributed by atoms with Crippen LogP contribution < -0.4 is 0 Å². The van der Waals surface area contributed by atoms with Crippen LogP contribution in [0, 0.1) is 0 Å². The van der Waals surface area contributed by atoms with E-state index in [1.165, 1.54) is 47.4 Å². The summed E-state index contributed by atoms with van der Waals surface area (Å²) in [6.45, 7) is 0. The van der Waals surface area contributed by atoms with Crippen molar-refractivity contribution in [1.29, 1.82) is 0 Å². The van der Waals surface area contributed by atoms with Gasteiger partial charge < -0.3 is 0 Å². The van der Waals surface area contributed by atoms with Gasteiger partial charge in [-0.3, -0.25) is 0 Å². The maximum absolute atomic E-state index is 4.45. The summed E-state index contributed by atoms with van der Waals surface area (Å²) in [7, 11) is 0. The predicted molar refractivity (Wildman–Crippen MR) is 151 cm³/mol. The summed E-state index contributed by atoms with van der Waals surface area (Å²) in [5.74, 6) is 9.67. The van der Waals surface area contributed by atoms with Crippen molar-refractivity contribution in [2.75, 3.05) is 46.0 Å². The highest BCUT2D eigenvalue weighted by Gasteiger charge is 2.25. The smallest absolute Gasteiger partial charge is 0.0596 e. The van der Waals surface area contributed by atoms with Gasteiger partial charge in [-0.2, -0.15) is 48.8 Å². The molecule has 2 heterocycles. The predicted octanol–water partition coefficient (Wildman–Crippen LogP) is 6.45. The summed E-state index contributed by atoms with van der Waals surface area (Å²) in [6.07, 6.45) is 2.42. The molecule has 0 aromatic heterocycles. The van der Waals surface area contributed by atoms with E-state index < -0.39 is 0 Å². The number of hydrogen-bond donors (Lipinski definition) is 2. The van der Waals surface area contributed by atoms with Gasteiger partial charge in [0.15, 0.2) is 0 Å². The van der Waals surface area contributed by atoms with Gasteiger partial charge in [0.25, 0.3) is 0 Å². The van der Waals surface area contributed by atoms with E-state index in [1.54, 1.807) is 11.1 Å². The molecule has 2 fully saturated rings. The van der Waals surface area contributed by atoms with E-state index in [-0.39, 0.29) is 0 Å². The van der Waals surface area contributed by atoms with Crippen LogP contribution in [-0.4, -0.2) is 65.7 Å². The van der Waals surface area contributed by atoms with Gasteiger partial charge in [-0.05, 0) is 35.5 Å². The molecule has 0 bridgehead atoms. The van der Waals surface area contributed by atoms with Crippen LogP contribution in [0.3, 0.4) is 0 Å². The van der Waals surface area contributed by atoms with Gasteiger partial charge in [-0.15, -0.1) is 47.0 Å². The zero-order valence-corrected chi connectivity index (χ0v) is 22.7. The molecule has 158 valence electrons. The van der Waals surface area contributed by atoms with Crippen LogP contribution in [-0.2, 0) is 12.8 Å². The SMILES string of the molecule is SCC1CSC(CSCCc2ccccc2CCSCC2SCC(CS)S2)S1. The van der Waals surface area contributed by atoms with E-state index in [2.05, 4.69) is 120 Å². The maximum Gasteiger partial charge on any atom is 0.0596 e. The van der Waals surface area contributed by atoms with Crippen molar-refractivity contribution in [1.82, 2.24) is 0 Å². The fraction of sp³-hybridized carbons (Fsp3) is 0.700. The van der Waals surface area contributed by atoms with Gasteiger partial charge in [-0.1, -0.05) is 24.3 Å². The molecule has 0 radical (unpaired) electrons. The molecule has 0 nitrogen and oxygen atoms in total. The second-order valence-corrected chi connectivity index (χ2v) is 15.9. The molecule has 4 atom stereocenters. The Labute approximate surface area is 208 Å². The lowest BCUT2D eigenvalue weighted by Crippen LogP contribution is -2.04. The van der Waals surface area contributed by atoms with Crippen molar-refractivity contribution in [3.05, 3.63) is 35.4 Å². The zero-order chi connectivity index (χ0) is 19.6. The average molecular weight is 527 g/mol. The lowest BCUT2D eigenvalue weighted by Gasteiger charge is -2.12. The first-order valence-electron chi connectivity index (χ1n) is 9.76. The van der Waals surface area contributed by atoms with Gasteiger partial charge in [0.2, 0.25) is 0 Å². The Morgan fingerprint density at radius 1 is 0.786 bits per heavy atom. The summed E-state index contributed by atoms with van der Waals surface area (Å²) < 4.78 is 1.56. The molecule has 1 aromatic carbocycles. The van der Waals surface area contributed by atoms with Crippen LogP contribution in [0.4, 0.5) is 0 Å². The van der Waals surface area contributed by atoms with Crippen LogP contribution in [0.5, 0.6) is 0 Å². The molecule has 8 heteroatoms. The minimum atomic E-state index is 0.766. The van der Waals surface area contributed by atoms with Crippen LogP contribution >= 0.6 is 95.8 Å². The molecule has 0 N–H and O–H groups in total. The minimum absolute atomic E-state index is 0.766. The first-order chi connectivity index (χ1) is 13.8. The van der Waals surface area contributed by atoms with Crippen molar-refractivity contribution in [3.8, 4) is 0 Å². The monoisotopic (exact) mass is 526 g/mol. The molecule has 0 amide bonds. The molecule has 1 aromatic rings. The number of thioether (sulfide) groups is 6. The lowest BCUT2D eigenvalue weighted by molar-refractivity contribution is 1.05. The fourth-order valence-corrected chi connectivity index (χ4v) is 13.5. The van der Waals surface area contributed by atoms with Crippen molar-refractivity contribution < 1.29 is 0 Å². The van der Waals surface area contributed by atoms with E-state index in [1.807, 2.05) is 0 Å². The molecule has 28 heavy (non-hydrogen) atoms. The van der Waals surface area contributed by atoms with Crippen LogP contribution in [0.15, 0.2) is 24.3 Å². The first-order valence-corrected chi connectivity index (χ1v) is 17.3. The van der Waals surface area contributed by atoms with Gasteiger partial charge in [0.05, 0.1) is 9.16 Å². The van der Waals surface area contributed by atoms with Gasteiger partial charge in [-0.25, -0.2) is 0 Å². The summed E-state index contributed by atoms with van der Waals surface area (Å²) in [5, 5.41) is 1.53. The summed E-state index contributed by atoms with van der Waals surface area (Å²) in [6, 6.07) is 9.10. The second kappa shape index (κ2) is 14.2. The molecule has 0 saturated carbocycles. The summed E-state index contributed by atoms with van der Waals surface area (Å²) in [4.78, 5) is 0. The van der Waals surface area contributed by atoms with Crippen molar-refractivity contribution >= 4 is 95.8 Å². The standard InChI is InChI=1S/C20H30S8/c21-9-17-11-25-19(27-17)13-23-7-5-15-3-1-2-4-16(15)6-8-24-14-20-26-12-18(10-22)28-20/h1-4,17-22H,5-14H2. The topological polar surface area (TPSA) is 0 Å². The van der Waals surface area contributed by atoms with Gasteiger partial charge in [0, 0.05) is 45.0 Å². The Balaban J connectivity index is 1.31. The van der Waals surface area contributed by atoms with E-state index in [0.29, 0.717) is 0 Å².